The molecule has 2 atom stereocenters. The lowest BCUT2D eigenvalue weighted by molar-refractivity contribution is 0.173. The standard InChI is InChI=1S/C4H6F2O3S/c5-3-1-9-2-4(3)10(6,7)8/h3-4H,1-2H2/t3-,4+/m1/s1. The molecule has 0 saturated carbocycles. The fraction of sp³-hybridized carbons (Fsp3) is 1.00. The summed E-state index contributed by atoms with van der Waals surface area (Å²) in [6.45, 7) is -0.701. The van der Waals surface area contributed by atoms with Crippen LogP contribution >= 0.6 is 0 Å². The van der Waals surface area contributed by atoms with Crippen molar-refractivity contribution in [3.05, 3.63) is 0 Å². The molecule has 3 nitrogen and oxygen atoms in total. The van der Waals surface area contributed by atoms with Crippen molar-refractivity contribution >= 4 is 10.2 Å². The van der Waals surface area contributed by atoms with Crippen LogP contribution in [0.1, 0.15) is 0 Å². The minimum atomic E-state index is -4.75. The predicted molar refractivity (Wildman–Crippen MR) is 29.5 cm³/mol. The third-order valence-electron chi connectivity index (χ3n) is 1.32. The van der Waals surface area contributed by atoms with E-state index in [1.807, 2.05) is 0 Å². The first-order chi connectivity index (χ1) is 4.52. The van der Waals surface area contributed by atoms with E-state index in [0.29, 0.717) is 0 Å². The Hall–Kier alpha value is -0.230. The summed E-state index contributed by atoms with van der Waals surface area (Å²) < 4.78 is 48.9. The summed E-state index contributed by atoms with van der Waals surface area (Å²) in [4.78, 5) is 0. The zero-order valence-corrected chi connectivity index (χ0v) is 5.77. The molecule has 1 aliphatic rings. The van der Waals surface area contributed by atoms with Gasteiger partial charge in [-0.1, -0.05) is 0 Å². The molecule has 0 aromatic carbocycles. The first-order valence-corrected chi connectivity index (χ1v) is 4.12. The number of rotatable bonds is 1. The zero-order chi connectivity index (χ0) is 7.78. The molecule has 10 heavy (non-hydrogen) atoms. The number of hydrogen-bond acceptors (Lipinski definition) is 3. The Labute approximate surface area is 57.2 Å². The third kappa shape index (κ3) is 1.43. The maximum absolute atomic E-state index is 12.3. The first kappa shape index (κ1) is 7.87. The van der Waals surface area contributed by atoms with Crippen LogP contribution in [0.15, 0.2) is 0 Å². The summed E-state index contributed by atoms with van der Waals surface area (Å²) in [5, 5.41) is -1.60. The fourth-order valence-corrected chi connectivity index (χ4v) is 1.46. The molecular formula is C4H6F2O3S. The Morgan fingerprint density at radius 2 is 2.00 bits per heavy atom. The van der Waals surface area contributed by atoms with Crippen LogP contribution < -0.4 is 0 Å². The third-order valence-corrected chi connectivity index (χ3v) is 2.48. The van der Waals surface area contributed by atoms with Gasteiger partial charge in [0, 0.05) is 0 Å². The molecule has 0 spiro atoms. The summed E-state index contributed by atoms with van der Waals surface area (Å²) in [6.07, 6.45) is -1.71. The minimum Gasteiger partial charge on any atom is -0.377 e. The highest BCUT2D eigenvalue weighted by atomic mass is 32.3. The van der Waals surface area contributed by atoms with Crippen molar-refractivity contribution in [2.45, 2.75) is 11.4 Å². The molecule has 1 fully saturated rings. The van der Waals surface area contributed by atoms with E-state index in [2.05, 4.69) is 4.74 Å². The Morgan fingerprint density at radius 1 is 1.40 bits per heavy atom. The van der Waals surface area contributed by atoms with E-state index in [1.54, 1.807) is 0 Å². The molecule has 0 N–H and O–H groups in total. The normalized spacial score (nSPS) is 34.6. The van der Waals surface area contributed by atoms with Gasteiger partial charge in [-0.25, -0.2) is 4.39 Å². The predicted octanol–water partition coefficient (Wildman–Crippen LogP) is 0.0226. The van der Waals surface area contributed by atoms with Gasteiger partial charge >= 0.3 is 10.2 Å². The lowest BCUT2D eigenvalue weighted by Crippen LogP contribution is -2.26. The summed E-state index contributed by atoms with van der Waals surface area (Å²) >= 11 is 0. The topological polar surface area (TPSA) is 43.4 Å². The lowest BCUT2D eigenvalue weighted by Gasteiger charge is -2.02. The van der Waals surface area contributed by atoms with Gasteiger partial charge in [-0.15, -0.1) is 3.89 Å². The molecule has 0 radical (unpaired) electrons. The second-order valence-electron chi connectivity index (χ2n) is 2.07. The van der Waals surface area contributed by atoms with Gasteiger partial charge in [0.2, 0.25) is 0 Å². The molecule has 1 aliphatic heterocycles. The average Bonchev–Trinajstić information content (AvgIpc) is 2.11. The lowest BCUT2D eigenvalue weighted by atomic mass is 10.3. The minimum absolute atomic E-state index is 0.326. The Balaban J connectivity index is 2.74. The van der Waals surface area contributed by atoms with Crippen LogP contribution in [-0.2, 0) is 15.0 Å². The van der Waals surface area contributed by atoms with E-state index < -0.39 is 21.6 Å². The van der Waals surface area contributed by atoms with Crippen molar-refractivity contribution in [3.63, 3.8) is 0 Å². The second-order valence-corrected chi connectivity index (χ2v) is 3.62. The molecule has 6 heteroatoms. The average molecular weight is 172 g/mol. The smallest absolute Gasteiger partial charge is 0.310 e. The van der Waals surface area contributed by atoms with Crippen LogP contribution in [0, 0.1) is 0 Å². The van der Waals surface area contributed by atoms with Crippen LogP contribution in [0.2, 0.25) is 0 Å². The van der Waals surface area contributed by atoms with Crippen molar-refractivity contribution in [1.29, 1.82) is 0 Å². The van der Waals surface area contributed by atoms with Crippen molar-refractivity contribution in [2.24, 2.45) is 0 Å². The Kier molecular flexibility index (Phi) is 1.91. The van der Waals surface area contributed by atoms with E-state index >= 15 is 0 Å². The van der Waals surface area contributed by atoms with Gasteiger partial charge in [-0.05, 0) is 0 Å². The van der Waals surface area contributed by atoms with E-state index in [4.69, 9.17) is 0 Å². The van der Waals surface area contributed by atoms with E-state index in [-0.39, 0.29) is 13.2 Å². The van der Waals surface area contributed by atoms with Gasteiger partial charge in [0.25, 0.3) is 0 Å². The highest BCUT2D eigenvalue weighted by Crippen LogP contribution is 2.18. The molecule has 0 bridgehead atoms. The van der Waals surface area contributed by atoms with Gasteiger partial charge in [-0.3, -0.25) is 0 Å². The van der Waals surface area contributed by atoms with Gasteiger partial charge in [0.15, 0.2) is 0 Å². The van der Waals surface area contributed by atoms with E-state index in [0.717, 1.165) is 0 Å². The quantitative estimate of drug-likeness (QED) is 0.524. The molecule has 0 aromatic heterocycles. The van der Waals surface area contributed by atoms with Gasteiger partial charge in [0.1, 0.15) is 11.4 Å². The number of ether oxygens (including phenoxy) is 1. The first-order valence-electron chi connectivity index (χ1n) is 2.67. The molecule has 0 aliphatic carbocycles. The van der Waals surface area contributed by atoms with E-state index in [1.165, 1.54) is 0 Å². The van der Waals surface area contributed by atoms with Crippen LogP contribution in [0.3, 0.4) is 0 Å². The molecule has 1 saturated heterocycles. The zero-order valence-electron chi connectivity index (χ0n) is 4.96. The maximum atomic E-state index is 12.3. The highest BCUT2D eigenvalue weighted by molar-refractivity contribution is 7.87. The molecule has 1 heterocycles. The van der Waals surface area contributed by atoms with Crippen molar-refractivity contribution in [3.8, 4) is 0 Å². The summed E-state index contributed by atoms with van der Waals surface area (Å²) in [5.41, 5.74) is 0. The van der Waals surface area contributed by atoms with Gasteiger partial charge in [-0.2, -0.15) is 8.42 Å². The Morgan fingerprint density at radius 3 is 2.20 bits per heavy atom. The monoisotopic (exact) mass is 172 g/mol. The SMILES string of the molecule is O=S(=O)(F)[C@H]1COC[C@H]1F. The molecule has 0 unspecified atom stereocenters. The maximum Gasteiger partial charge on any atom is 0.310 e. The number of halogens is 2. The summed E-state index contributed by atoms with van der Waals surface area (Å²) in [7, 11) is -4.75. The molecule has 1 rings (SSSR count). The summed E-state index contributed by atoms with van der Waals surface area (Å²) in [5.74, 6) is 0. The van der Waals surface area contributed by atoms with Crippen LogP contribution in [0.5, 0.6) is 0 Å². The Bertz CT molecular complexity index is 213. The van der Waals surface area contributed by atoms with Gasteiger partial charge in [0.05, 0.1) is 13.2 Å². The molecule has 0 amide bonds. The fourth-order valence-electron chi connectivity index (χ4n) is 0.766. The number of hydrogen-bond donors (Lipinski definition) is 0. The van der Waals surface area contributed by atoms with Crippen molar-refractivity contribution < 1.29 is 21.4 Å². The highest BCUT2D eigenvalue weighted by Gasteiger charge is 2.38. The van der Waals surface area contributed by atoms with Crippen LogP contribution in [0.4, 0.5) is 8.28 Å². The van der Waals surface area contributed by atoms with E-state index in [9.17, 15) is 16.7 Å². The van der Waals surface area contributed by atoms with Crippen molar-refractivity contribution in [1.82, 2.24) is 0 Å². The molecular weight excluding hydrogens is 166 g/mol. The van der Waals surface area contributed by atoms with Crippen molar-refractivity contribution in [2.75, 3.05) is 13.2 Å². The van der Waals surface area contributed by atoms with Crippen LogP contribution in [-0.4, -0.2) is 33.1 Å². The number of alkyl halides is 1. The molecule has 60 valence electrons. The largest absolute Gasteiger partial charge is 0.377 e. The summed E-state index contributed by atoms with van der Waals surface area (Å²) in [6, 6.07) is 0. The molecule has 0 aromatic rings. The second kappa shape index (κ2) is 2.43. The van der Waals surface area contributed by atoms with Gasteiger partial charge < -0.3 is 4.74 Å². The van der Waals surface area contributed by atoms with Crippen LogP contribution in [0.25, 0.3) is 0 Å².